The van der Waals surface area contributed by atoms with Gasteiger partial charge in [0.15, 0.2) is 20.8 Å². The number of nitrogens with zero attached hydrogens (tertiary/aromatic N) is 4. The summed E-state index contributed by atoms with van der Waals surface area (Å²) < 4.78 is 42.1. The second kappa shape index (κ2) is 11.1. The van der Waals surface area contributed by atoms with Gasteiger partial charge in [0.1, 0.15) is 5.01 Å². The lowest BCUT2D eigenvalue weighted by Gasteiger charge is -2.26. The van der Waals surface area contributed by atoms with Crippen LogP contribution in [0.2, 0.25) is 0 Å². The number of aromatic nitrogens is 3. The van der Waals surface area contributed by atoms with Gasteiger partial charge in [-0.25, -0.2) is 18.2 Å². The molecule has 4 aromatic rings. The summed E-state index contributed by atoms with van der Waals surface area (Å²) in [4.78, 5) is 41.9. The molecule has 0 spiro atoms. The van der Waals surface area contributed by atoms with Gasteiger partial charge in [-0.1, -0.05) is 18.2 Å². The Bertz CT molecular complexity index is 1840. The van der Waals surface area contributed by atoms with Crippen LogP contribution in [0.1, 0.15) is 32.4 Å². The number of ether oxygens (including phenoxy) is 2. The molecule has 2 aromatic carbocycles. The fraction of sp³-hybridized carbons (Fsp3) is 0.259. The summed E-state index contributed by atoms with van der Waals surface area (Å²) >= 11 is 1.19. The molecule has 2 aliphatic heterocycles. The van der Waals surface area contributed by atoms with E-state index >= 15 is 0 Å². The largest absolute Gasteiger partial charge is 0.423 e. The summed E-state index contributed by atoms with van der Waals surface area (Å²) in [7, 11) is -3.78. The second-order valence-electron chi connectivity index (χ2n) is 9.58. The molecule has 1 unspecified atom stereocenters. The number of hydrogen-bond donors (Lipinski definition) is 1. The summed E-state index contributed by atoms with van der Waals surface area (Å²) in [5.41, 5.74) is 2.97. The van der Waals surface area contributed by atoms with Crippen molar-refractivity contribution in [2.75, 3.05) is 32.6 Å². The van der Waals surface area contributed by atoms with Gasteiger partial charge in [0.2, 0.25) is 11.8 Å². The predicted molar refractivity (Wildman–Crippen MR) is 149 cm³/mol. The van der Waals surface area contributed by atoms with Crippen molar-refractivity contribution in [2.24, 2.45) is 0 Å². The number of alkyl carbamates (subject to hydrolysis) is 1. The smallest absolute Gasteiger partial charge is 0.419 e. The van der Waals surface area contributed by atoms with Crippen molar-refractivity contribution in [3.8, 4) is 11.1 Å². The molecule has 13 nitrogen and oxygen atoms in total. The monoisotopic (exact) mass is 609 g/mol. The number of carbonyl (C=O) groups is 3. The third kappa shape index (κ3) is 5.66. The van der Waals surface area contributed by atoms with E-state index in [1.807, 2.05) is 29.6 Å². The average molecular weight is 610 g/mol. The third-order valence-corrected chi connectivity index (χ3v) is 9.15. The van der Waals surface area contributed by atoms with Gasteiger partial charge >= 0.3 is 6.09 Å². The number of thiazole rings is 1. The number of nitrogens with one attached hydrogen (secondary N) is 1. The maximum absolute atomic E-state index is 12.8. The van der Waals surface area contributed by atoms with E-state index in [-0.39, 0.29) is 34.9 Å². The summed E-state index contributed by atoms with van der Waals surface area (Å²) in [5.74, 6) is -1.08. The standard InChI is InChI=1S/C27H23N5O8S2/c1-42(36,37)22(24-31-30-21(40-24)9-8-19-23(33)29-27(35)39-19)25-28-18-7-6-17(14-20(18)41-25)15-2-4-16(5-3-15)26(34)32-10-12-38-13-11-32/h2-8,14,22H,9-13H2,1H3,(H,29,33,35)/b19-8+. The maximum Gasteiger partial charge on any atom is 0.419 e. The molecule has 0 radical (unpaired) electrons. The van der Waals surface area contributed by atoms with Crippen LogP contribution in [0.25, 0.3) is 21.3 Å². The first-order valence-corrected chi connectivity index (χ1v) is 15.6. The van der Waals surface area contributed by atoms with Crippen molar-refractivity contribution in [3.05, 3.63) is 76.7 Å². The van der Waals surface area contributed by atoms with Gasteiger partial charge in [0, 0.05) is 31.3 Å². The number of carbonyl (C=O) groups excluding carboxylic acids is 3. The molecule has 0 saturated carbocycles. The first kappa shape index (κ1) is 27.7. The molecule has 4 heterocycles. The van der Waals surface area contributed by atoms with E-state index in [0.717, 1.165) is 22.1 Å². The predicted octanol–water partition coefficient (Wildman–Crippen LogP) is 2.65. The van der Waals surface area contributed by atoms with Crippen LogP contribution in [0.3, 0.4) is 0 Å². The molecule has 1 N–H and O–H groups in total. The van der Waals surface area contributed by atoms with Crippen LogP contribution in [-0.2, 0) is 30.5 Å². The van der Waals surface area contributed by atoms with E-state index in [2.05, 4.69) is 15.2 Å². The number of hydrogen-bond acceptors (Lipinski definition) is 12. The fourth-order valence-electron chi connectivity index (χ4n) is 4.56. The molecule has 216 valence electrons. The molecule has 2 saturated heterocycles. The lowest BCUT2D eigenvalue weighted by atomic mass is 10.0. The summed E-state index contributed by atoms with van der Waals surface area (Å²) in [5, 5.41) is 8.74. The Morgan fingerprint density at radius 1 is 1.10 bits per heavy atom. The Morgan fingerprint density at radius 3 is 2.52 bits per heavy atom. The average Bonchev–Trinajstić information content (AvgIpc) is 3.69. The highest BCUT2D eigenvalue weighted by Crippen LogP contribution is 2.36. The SMILES string of the molecule is CS(=O)(=O)C(c1nnc(C/C=C2/OC(=O)NC2=O)o1)c1nc2ccc(-c3ccc(C(=O)N4CCOCC4)cc3)cc2s1. The van der Waals surface area contributed by atoms with Crippen LogP contribution in [0, 0.1) is 0 Å². The first-order valence-electron chi connectivity index (χ1n) is 12.8. The van der Waals surface area contributed by atoms with Crippen molar-refractivity contribution in [2.45, 2.75) is 11.7 Å². The second-order valence-corrected chi connectivity index (χ2v) is 12.8. The number of morpholine rings is 1. The van der Waals surface area contributed by atoms with Crippen LogP contribution in [-0.4, -0.2) is 79.0 Å². The Morgan fingerprint density at radius 2 is 1.83 bits per heavy atom. The molecule has 2 aromatic heterocycles. The fourth-order valence-corrected chi connectivity index (χ4v) is 7.09. The summed E-state index contributed by atoms with van der Waals surface area (Å²) in [6.45, 7) is 2.20. The minimum atomic E-state index is -3.78. The van der Waals surface area contributed by atoms with E-state index in [4.69, 9.17) is 13.9 Å². The molecule has 2 aliphatic rings. The zero-order valence-electron chi connectivity index (χ0n) is 22.1. The van der Waals surface area contributed by atoms with Gasteiger partial charge < -0.3 is 18.8 Å². The molecular weight excluding hydrogens is 586 g/mol. The van der Waals surface area contributed by atoms with Gasteiger partial charge in [-0.3, -0.25) is 14.9 Å². The van der Waals surface area contributed by atoms with Crippen LogP contribution in [0.4, 0.5) is 4.79 Å². The lowest BCUT2D eigenvalue weighted by Crippen LogP contribution is -2.40. The number of cyclic esters (lactones) is 1. The van der Waals surface area contributed by atoms with Gasteiger partial charge in [-0.05, 0) is 41.5 Å². The van der Waals surface area contributed by atoms with Crippen molar-refractivity contribution < 1.29 is 36.7 Å². The van der Waals surface area contributed by atoms with Gasteiger partial charge in [-0.15, -0.1) is 21.5 Å². The topological polar surface area (TPSA) is 171 Å². The normalized spacial score (nSPS) is 17.5. The van der Waals surface area contributed by atoms with E-state index in [0.29, 0.717) is 37.4 Å². The van der Waals surface area contributed by atoms with E-state index in [9.17, 15) is 22.8 Å². The maximum atomic E-state index is 12.8. The van der Waals surface area contributed by atoms with Crippen molar-refractivity contribution in [3.63, 3.8) is 0 Å². The van der Waals surface area contributed by atoms with Crippen LogP contribution < -0.4 is 5.32 Å². The highest BCUT2D eigenvalue weighted by molar-refractivity contribution is 7.91. The summed E-state index contributed by atoms with van der Waals surface area (Å²) in [6, 6.07) is 12.9. The highest BCUT2D eigenvalue weighted by Gasteiger charge is 2.34. The molecule has 3 amide bonds. The Hall–Kier alpha value is -4.47. The van der Waals surface area contributed by atoms with E-state index in [1.165, 1.54) is 17.4 Å². The van der Waals surface area contributed by atoms with Crippen LogP contribution in [0.5, 0.6) is 0 Å². The summed E-state index contributed by atoms with van der Waals surface area (Å²) in [6.07, 6.45) is 1.41. The minimum Gasteiger partial charge on any atom is -0.423 e. The Balaban J connectivity index is 1.24. The number of sulfone groups is 1. The molecule has 15 heteroatoms. The highest BCUT2D eigenvalue weighted by atomic mass is 32.2. The molecular formula is C27H23N5O8S2. The van der Waals surface area contributed by atoms with Crippen LogP contribution >= 0.6 is 11.3 Å². The molecule has 2 fully saturated rings. The van der Waals surface area contributed by atoms with Gasteiger partial charge in [-0.2, -0.15) is 0 Å². The molecule has 0 bridgehead atoms. The number of rotatable bonds is 7. The zero-order valence-corrected chi connectivity index (χ0v) is 23.7. The number of fused-ring (bicyclic) bond motifs is 1. The third-order valence-electron chi connectivity index (χ3n) is 6.63. The molecule has 6 rings (SSSR count). The van der Waals surface area contributed by atoms with Crippen molar-refractivity contribution in [1.82, 2.24) is 25.4 Å². The first-order chi connectivity index (χ1) is 20.2. The molecule has 1 atom stereocenters. The number of allylic oxidation sites excluding steroid dienone is 1. The van der Waals surface area contributed by atoms with E-state index in [1.54, 1.807) is 23.1 Å². The number of benzene rings is 2. The molecule has 42 heavy (non-hydrogen) atoms. The Labute approximate surface area is 243 Å². The Kier molecular flexibility index (Phi) is 7.30. The van der Waals surface area contributed by atoms with Crippen molar-refractivity contribution in [1.29, 1.82) is 0 Å². The van der Waals surface area contributed by atoms with Crippen molar-refractivity contribution >= 4 is 49.3 Å². The minimum absolute atomic E-state index is 0.0286. The number of imide groups is 1. The van der Waals surface area contributed by atoms with Crippen LogP contribution in [0.15, 0.2) is 58.7 Å². The lowest BCUT2D eigenvalue weighted by molar-refractivity contribution is -0.116. The number of amides is 3. The molecule has 0 aliphatic carbocycles. The van der Waals surface area contributed by atoms with Gasteiger partial charge in [0.05, 0.1) is 23.4 Å². The zero-order chi connectivity index (χ0) is 29.4. The quantitative estimate of drug-likeness (QED) is 0.306. The van der Waals surface area contributed by atoms with E-state index < -0.39 is 27.1 Å². The van der Waals surface area contributed by atoms with Gasteiger partial charge in [0.25, 0.3) is 11.8 Å².